The zero-order valence-electron chi connectivity index (χ0n) is 6.11. The second-order valence-electron chi connectivity index (χ2n) is 2.29. The molecule has 0 spiro atoms. The molecule has 1 unspecified atom stereocenters. The van der Waals surface area contributed by atoms with Gasteiger partial charge in [0, 0.05) is 10.3 Å². The first-order valence-corrected chi connectivity index (χ1v) is 5.69. The van der Waals surface area contributed by atoms with Crippen molar-refractivity contribution in [2.75, 3.05) is 0 Å². The lowest BCUT2D eigenvalue weighted by atomic mass is 10.3. The Morgan fingerprint density at radius 2 is 2.42 bits per heavy atom. The van der Waals surface area contributed by atoms with Crippen LogP contribution < -0.4 is 0 Å². The van der Waals surface area contributed by atoms with Crippen LogP contribution in [0.3, 0.4) is 0 Å². The molecular formula is C8H6ClNS2. The minimum absolute atomic E-state index is 0.0729. The van der Waals surface area contributed by atoms with Gasteiger partial charge in [-0.05, 0) is 11.4 Å². The van der Waals surface area contributed by atoms with Crippen LogP contribution in [0.15, 0.2) is 28.4 Å². The summed E-state index contributed by atoms with van der Waals surface area (Å²) in [5.41, 5.74) is 2.75. The predicted molar refractivity (Wildman–Crippen MR) is 54.1 cm³/mol. The minimum Gasteiger partial charge on any atom is -0.248 e. The number of aromatic nitrogens is 1. The molecule has 0 N–H and O–H groups in total. The number of halogens is 1. The number of hydrogen-bond donors (Lipinski definition) is 0. The van der Waals surface area contributed by atoms with Gasteiger partial charge in [0.05, 0.1) is 11.2 Å². The van der Waals surface area contributed by atoms with Crippen LogP contribution in [0.2, 0.25) is 0 Å². The van der Waals surface area contributed by atoms with Crippen LogP contribution >= 0.6 is 34.3 Å². The lowest BCUT2D eigenvalue weighted by Crippen LogP contribution is -1.88. The summed E-state index contributed by atoms with van der Waals surface area (Å²) in [4.78, 5) is 5.32. The molecule has 0 aliphatic carbocycles. The van der Waals surface area contributed by atoms with Crippen molar-refractivity contribution in [3.05, 3.63) is 39.0 Å². The SMILES string of the molecule is ClC(c1cscn1)c1cccs1. The van der Waals surface area contributed by atoms with Crippen molar-refractivity contribution in [3.8, 4) is 0 Å². The van der Waals surface area contributed by atoms with Crippen molar-refractivity contribution in [2.24, 2.45) is 0 Å². The second kappa shape index (κ2) is 3.56. The van der Waals surface area contributed by atoms with E-state index in [0.717, 1.165) is 10.6 Å². The highest BCUT2D eigenvalue weighted by Crippen LogP contribution is 2.31. The molecular weight excluding hydrogens is 210 g/mol. The Labute approximate surface area is 83.7 Å². The van der Waals surface area contributed by atoms with E-state index in [1.54, 1.807) is 28.2 Å². The van der Waals surface area contributed by atoms with E-state index in [2.05, 4.69) is 4.98 Å². The molecule has 2 heterocycles. The summed E-state index contributed by atoms with van der Waals surface area (Å²) in [6.45, 7) is 0. The van der Waals surface area contributed by atoms with E-state index < -0.39 is 0 Å². The first-order chi connectivity index (χ1) is 5.88. The Hall–Kier alpha value is -0.380. The molecule has 0 fully saturated rings. The van der Waals surface area contributed by atoms with E-state index in [1.165, 1.54) is 0 Å². The van der Waals surface area contributed by atoms with Crippen LogP contribution in [0.1, 0.15) is 15.9 Å². The second-order valence-corrected chi connectivity index (χ2v) is 4.43. The molecule has 0 aliphatic rings. The summed E-state index contributed by atoms with van der Waals surface area (Å²) in [7, 11) is 0. The zero-order chi connectivity index (χ0) is 8.39. The maximum Gasteiger partial charge on any atom is 0.111 e. The van der Waals surface area contributed by atoms with Crippen LogP contribution in [0, 0.1) is 0 Å². The standard InChI is InChI=1S/C8H6ClNS2/c9-8(6-4-11-5-10-6)7-2-1-3-12-7/h1-5,8H. The fourth-order valence-corrected chi connectivity index (χ4v) is 2.64. The lowest BCUT2D eigenvalue weighted by Gasteiger charge is -2.01. The summed E-state index contributed by atoms with van der Waals surface area (Å²) in [5.74, 6) is 0. The van der Waals surface area contributed by atoms with Crippen LogP contribution in [0.25, 0.3) is 0 Å². The number of thiazole rings is 1. The molecule has 1 nitrogen and oxygen atoms in total. The van der Waals surface area contributed by atoms with Gasteiger partial charge >= 0.3 is 0 Å². The van der Waals surface area contributed by atoms with Gasteiger partial charge in [0.25, 0.3) is 0 Å². The van der Waals surface area contributed by atoms with Crippen molar-refractivity contribution >= 4 is 34.3 Å². The molecule has 2 aromatic heterocycles. The number of hydrogen-bond acceptors (Lipinski definition) is 3. The Bertz CT molecular complexity index is 294. The van der Waals surface area contributed by atoms with Crippen molar-refractivity contribution in [1.29, 1.82) is 0 Å². The van der Waals surface area contributed by atoms with Crippen LogP contribution in [-0.2, 0) is 0 Å². The average Bonchev–Trinajstić information content (AvgIpc) is 2.77. The van der Waals surface area contributed by atoms with E-state index in [-0.39, 0.29) is 5.38 Å². The van der Waals surface area contributed by atoms with Gasteiger partial charge in [0.15, 0.2) is 0 Å². The van der Waals surface area contributed by atoms with Crippen LogP contribution in [0.5, 0.6) is 0 Å². The molecule has 4 heteroatoms. The average molecular weight is 216 g/mol. The van der Waals surface area contributed by atoms with E-state index in [9.17, 15) is 0 Å². The summed E-state index contributed by atoms with van der Waals surface area (Å²) in [6, 6.07) is 4.03. The molecule has 0 radical (unpaired) electrons. The highest BCUT2D eigenvalue weighted by molar-refractivity contribution is 7.10. The van der Waals surface area contributed by atoms with Gasteiger partial charge < -0.3 is 0 Å². The first-order valence-electron chi connectivity index (χ1n) is 3.43. The summed E-state index contributed by atoms with van der Waals surface area (Å²) >= 11 is 9.41. The third-order valence-electron chi connectivity index (χ3n) is 1.50. The highest BCUT2D eigenvalue weighted by Gasteiger charge is 2.12. The summed E-state index contributed by atoms with van der Waals surface area (Å²) < 4.78 is 0. The van der Waals surface area contributed by atoms with Crippen LogP contribution in [-0.4, -0.2) is 4.98 Å². The Morgan fingerprint density at radius 1 is 1.50 bits per heavy atom. The first kappa shape index (κ1) is 8.23. The van der Waals surface area contributed by atoms with Crippen LogP contribution in [0.4, 0.5) is 0 Å². The van der Waals surface area contributed by atoms with E-state index in [4.69, 9.17) is 11.6 Å². The summed E-state index contributed by atoms with van der Waals surface area (Å²) in [6.07, 6.45) is 0. The molecule has 62 valence electrons. The predicted octanol–water partition coefficient (Wildman–Crippen LogP) is 3.53. The normalized spacial score (nSPS) is 13.1. The molecule has 0 aliphatic heterocycles. The highest BCUT2D eigenvalue weighted by atomic mass is 35.5. The Balaban J connectivity index is 2.27. The van der Waals surface area contributed by atoms with Gasteiger partial charge in [0.1, 0.15) is 5.38 Å². The monoisotopic (exact) mass is 215 g/mol. The summed E-state index contributed by atoms with van der Waals surface area (Å²) in [5, 5.41) is 3.94. The maximum atomic E-state index is 6.17. The van der Waals surface area contributed by atoms with Gasteiger partial charge in [-0.25, -0.2) is 4.98 Å². The molecule has 1 atom stereocenters. The molecule has 0 saturated carbocycles. The smallest absolute Gasteiger partial charge is 0.111 e. The Morgan fingerprint density at radius 3 is 3.00 bits per heavy atom. The van der Waals surface area contributed by atoms with Gasteiger partial charge in [-0.15, -0.1) is 34.3 Å². The number of alkyl halides is 1. The number of rotatable bonds is 2. The molecule has 0 saturated heterocycles. The van der Waals surface area contributed by atoms with Gasteiger partial charge in [-0.2, -0.15) is 0 Å². The van der Waals surface area contributed by atoms with E-state index in [0.29, 0.717) is 0 Å². The van der Waals surface area contributed by atoms with Gasteiger partial charge in [-0.1, -0.05) is 6.07 Å². The number of nitrogens with zero attached hydrogens (tertiary/aromatic N) is 1. The maximum absolute atomic E-state index is 6.17. The van der Waals surface area contributed by atoms with E-state index in [1.807, 2.05) is 22.9 Å². The Kier molecular flexibility index (Phi) is 2.44. The molecule has 2 aromatic rings. The lowest BCUT2D eigenvalue weighted by molar-refractivity contribution is 1.09. The minimum atomic E-state index is -0.0729. The fraction of sp³-hybridized carbons (Fsp3) is 0.125. The molecule has 0 amide bonds. The third-order valence-corrected chi connectivity index (χ3v) is 3.63. The molecule has 0 aromatic carbocycles. The third kappa shape index (κ3) is 1.53. The number of thiophene rings is 1. The zero-order valence-corrected chi connectivity index (χ0v) is 8.49. The van der Waals surface area contributed by atoms with Crippen molar-refractivity contribution in [1.82, 2.24) is 4.98 Å². The van der Waals surface area contributed by atoms with E-state index >= 15 is 0 Å². The molecule has 0 bridgehead atoms. The molecule has 12 heavy (non-hydrogen) atoms. The van der Waals surface area contributed by atoms with Crippen molar-refractivity contribution in [3.63, 3.8) is 0 Å². The van der Waals surface area contributed by atoms with Gasteiger partial charge in [0.2, 0.25) is 0 Å². The van der Waals surface area contributed by atoms with Crippen molar-refractivity contribution < 1.29 is 0 Å². The van der Waals surface area contributed by atoms with Crippen molar-refractivity contribution in [2.45, 2.75) is 5.38 Å². The fourth-order valence-electron chi connectivity index (χ4n) is 0.928. The van der Waals surface area contributed by atoms with Gasteiger partial charge in [-0.3, -0.25) is 0 Å². The topological polar surface area (TPSA) is 12.9 Å². The largest absolute Gasteiger partial charge is 0.248 e. The quantitative estimate of drug-likeness (QED) is 0.699. The molecule has 2 rings (SSSR count).